The number of Topliss-reactive ketones (excluding diaryl/α,β-unsaturated/α-hetero) is 1. The van der Waals surface area contributed by atoms with Gasteiger partial charge in [0.25, 0.3) is 5.91 Å². The van der Waals surface area contributed by atoms with Gasteiger partial charge in [-0.15, -0.1) is 0 Å². The molecule has 1 fully saturated rings. The molecular weight excluding hydrogens is 630 g/mol. The first-order valence-electron chi connectivity index (χ1n) is 14.6. The highest BCUT2D eigenvalue weighted by Crippen LogP contribution is 2.38. The van der Waals surface area contributed by atoms with Crippen LogP contribution in [-0.2, 0) is 30.5 Å². The number of imide groups is 1. The van der Waals surface area contributed by atoms with Crippen LogP contribution in [0.25, 0.3) is 10.8 Å². The van der Waals surface area contributed by atoms with E-state index in [0.29, 0.717) is 15.8 Å². The van der Waals surface area contributed by atoms with E-state index in [1.54, 1.807) is 60.7 Å². The van der Waals surface area contributed by atoms with Crippen LogP contribution >= 0.6 is 11.6 Å². The number of halogens is 1. The Bertz CT molecular complexity index is 1900. The number of nitrogens with one attached hydrogen (secondary N) is 1. The number of esters is 1. The molecular formula is C33H29ClN5O8+. The maximum absolute atomic E-state index is 14.5. The van der Waals surface area contributed by atoms with E-state index in [2.05, 4.69) is 10.3 Å². The molecule has 2 aliphatic heterocycles. The lowest BCUT2D eigenvalue weighted by Gasteiger charge is -2.29. The molecule has 3 unspecified atom stereocenters. The van der Waals surface area contributed by atoms with E-state index in [1.807, 2.05) is 0 Å². The number of cyclic esters (lactones) is 1. The third-order valence-corrected chi connectivity index (χ3v) is 8.39. The Morgan fingerprint density at radius 2 is 1.77 bits per heavy atom. The molecule has 4 atom stereocenters. The Labute approximate surface area is 273 Å². The average molecular weight is 659 g/mol. The van der Waals surface area contributed by atoms with E-state index in [1.165, 1.54) is 24.4 Å². The molecule has 0 aliphatic carbocycles. The number of urea groups is 1. The Morgan fingerprint density at radius 3 is 2.53 bits per heavy atom. The fraction of sp³-hybridized carbons (Fsp3) is 0.212. The summed E-state index contributed by atoms with van der Waals surface area (Å²) in [5.74, 6) is 1.73. The number of pyridine rings is 1. The molecule has 3 heterocycles. The van der Waals surface area contributed by atoms with E-state index in [9.17, 15) is 29.1 Å². The molecule has 6 rings (SSSR count). The van der Waals surface area contributed by atoms with Crippen LogP contribution in [0.2, 0.25) is 5.02 Å². The van der Waals surface area contributed by atoms with Gasteiger partial charge >= 0.3 is 17.9 Å². The number of aromatic nitrogens is 1. The van der Waals surface area contributed by atoms with Crippen LogP contribution < -0.4 is 20.7 Å². The second-order valence-corrected chi connectivity index (χ2v) is 11.5. The summed E-state index contributed by atoms with van der Waals surface area (Å²) >= 11 is 5.95. The van der Waals surface area contributed by atoms with Gasteiger partial charge in [-0.05, 0) is 35.2 Å². The van der Waals surface area contributed by atoms with Gasteiger partial charge in [0.05, 0.1) is 13.0 Å². The van der Waals surface area contributed by atoms with E-state index in [-0.39, 0.29) is 30.1 Å². The first kappa shape index (κ1) is 31.9. The maximum Gasteiger partial charge on any atom is 0.449 e. The van der Waals surface area contributed by atoms with Crippen LogP contribution in [0.5, 0.6) is 0 Å². The van der Waals surface area contributed by atoms with Crippen molar-refractivity contribution < 1.29 is 38.6 Å². The third kappa shape index (κ3) is 5.98. The zero-order valence-corrected chi connectivity index (χ0v) is 25.5. The molecule has 2 aliphatic rings. The predicted molar refractivity (Wildman–Crippen MR) is 169 cm³/mol. The number of aliphatic hydroxyl groups excluding tert-OH is 1. The number of amides is 4. The summed E-state index contributed by atoms with van der Waals surface area (Å²) in [4.78, 5) is 73.7. The number of nitrogens with zero attached hydrogens (tertiary/aromatic N) is 3. The molecule has 4 N–H and O–H groups in total. The van der Waals surface area contributed by atoms with Crippen molar-refractivity contribution in [1.29, 1.82) is 0 Å². The highest BCUT2D eigenvalue weighted by molar-refractivity contribution is 6.30. The lowest BCUT2D eigenvalue weighted by atomic mass is 9.95. The van der Waals surface area contributed by atoms with Gasteiger partial charge in [-0.3, -0.25) is 24.7 Å². The zero-order valence-electron chi connectivity index (χ0n) is 24.7. The van der Waals surface area contributed by atoms with E-state index in [0.717, 1.165) is 10.5 Å². The van der Waals surface area contributed by atoms with Crippen molar-refractivity contribution in [3.05, 3.63) is 101 Å². The second kappa shape index (κ2) is 13.0. The number of carbonyl (C=O) groups is 5. The number of rotatable bonds is 7. The molecule has 4 amide bonds. The standard InChI is InChI=1S/C33H28ClN5O8/c34-21-11-9-19(10-12-21)18-46-32-24(15-28(42)47-32)37-33(45)39(35)26-8-4-3-7-25(26)38(27(41)17-40)16-23(31(39)44)30(43)29-22-6-2-1-5-20(22)13-14-36-29/h1-14,23-24,32,40H,15-18,35H2/p+1/t23?,24-,32?,39?/m0/s1. The predicted octanol–water partition coefficient (Wildman–Crippen LogP) is 3.00. The summed E-state index contributed by atoms with van der Waals surface area (Å²) < 4.78 is 9.51. The zero-order chi connectivity index (χ0) is 33.3. The normalized spacial score (nSPS) is 22.4. The number of nitrogens with two attached hydrogens (primary N) is 1. The van der Waals surface area contributed by atoms with Crippen molar-refractivity contribution in [2.45, 2.75) is 25.4 Å². The number of carbonyl (C=O) groups excluding carboxylic acids is 5. The quantitative estimate of drug-likeness (QED) is 0.0668. The van der Waals surface area contributed by atoms with Crippen molar-refractivity contribution in [3.8, 4) is 0 Å². The number of quaternary nitrogens is 1. The fourth-order valence-corrected chi connectivity index (χ4v) is 5.87. The number of hydrogen-bond donors (Lipinski definition) is 3. The summed E-state index contributed by atoms with van der Waals surface area (Å²) in [5.41, 5.74) is 0.564. The van der Waals surface area contributed by atoms with Crippen molar-refractivity contribution >= 4 is 63.3 Å². The molecule has 240 valence electrons. The van der Waals surface area contributed by atoms with Crippen molar-refractivity contribution in [2.75, 3.05) is 18.1 Å². The van der Waals surface area contributed by atoms with Gasteiger partial charge in [-0.2, -0.15) is 5.84 Å². The smallest absolute Gasteiger partial charge is 0.433 e. The van der Waals surface area contributed by atoms with Crippen LogP contribution in [0.3, 0.4) is 0 Å². The van der Waals surface area contributed by atoms with Gasteiger partial charge in [0.1, 0.15) is 24.0 Å². The number of ketones is 1. The molecule has 0 saturated carbocycles. The maximum atomic E-state index is 14.5. The minimum atomic E-state index is -1.69. The SMILES string of the molecule is N[N+]1(C(=O)N[C@H]2CC(=O)OC2OCc2ccc(Cl)cc2)C(=O)C(C(=O)c2nccc3ccccc23)CN(C(=O)CO)c2ccccc21. The number of para-hydroxylation sites is 2. The lowest BCUT2D eigenvalue weighted by molar-refractivity contribution is -0.167. The van der Waals surface area contributed by atoms with Crippen molar-refractivity contribution in [2.24, 2.45) is 11.8 Å². The van der Waals surface area contributed by atoms with Crippen molar-refractivity contribution in [1.82, 2.24) is 14.9 Å². The minimum absolute atomic E-state index is 0.0126. The van der Waals surface area contributed by atoms with Crippen LogP contribution in [0.4, 0.5) is 16.2 Å². The summed E-state index contributed by atoms with van der Waals surface area (Å²) in [7, 11) is 0. The molecule has 3 aromatic carbocycles. The van der Waals surface area contributed by atoms with Gasteiger partial charge < -0.3 is 19.5 Å². The summed E-state index contributed by atoms with van der Waals surface area (Å²) in [6, 6.07) is 19.1. The molecule has 0 radical (unpaired) electrons. The average Bonchev–Trinajstić information content (AvgIpc) is 3.40. The largest absolute Gasteiger partial charge is 0.449 e. The first-order chi connectivity index (χ1) is 22.6. The molecule has 1 saturated heterocycles. The number of benzene rings is 3. The van der Waals surface area contributed by atoms with Gasteiger partial charge in [0, 0.05) is 29.2 Å². The topological polar surface area (TPSA) is 178 Å². The Balaban J connectivity index is 1.37. The summed E-state index contributed by atoms with van der Waals surface area (Å²) in [5, 5.41) is 14.1. The third-order valence-electron chi connectivity index (χ3n) is 8.14. The molecule has 47 heavy (non-hydrogen) atoms. The highest BCUT2D eigenvalue weighted by atomic mass is 35.5. The molecule has 14 heteroatoms. The van der Waals surface area contributed by atoms with Crippen LogP contribution in [0, 0.1) is 5.92 Å². The summed E-state index contributed by atoms with van der Waals surface area (Å²) in [6.07, 6.45) is -0.0962. The molecule has 0 spiro atoms. The van der Waals surface area contributed by atoms with E-state index < -0.39 is 65.6 Å². The number of hydrogen-bond acceptors (Lipinski definition) is 10. The van der Waals surface area contributed by atoms with Gasteiger partial charge in [-0.1, -0.05) is 64.7 Å². The van der Waals surface area contributed by atoms with Crippen LogP contribution in [0.1, 0.15) is 22.5 Å². The fourth-order valence-electron chi connectivity index (χ4n) is 5.75. The second-order valence-electron chi connectivity index (χ2n) is 11.1. The van der Waals surface area contributed by atoms with E-state index in [4.69, 9.17) is 26.9 Å². The number of ether oxygens (including phenoxy) is 2. The van der Waals surface area contributed by atoms with Gasteiger partial charge in [-0.25, -0.2) is 9.59 Å². The number of fused-ring (bicyclic) bond motifs is 2. The number of anilines is 1. The van der Waals surface area contributed by atoms with Gasteiger partial charge in [0.2, 0.25) is 6.29 Å². The first-order valence-corrected chi connectivity index (χ1v) is 15.0. The molecule has 13 nitrogen and oxygen atoms in total. The van der Waals surface area contributed by atoms with E-state index >= 15 is 0 Å². The minimum Gasteiger partial charge on any atom is -0.433 e. The lowest BCUT2D eigenvalue weighted by Crippen LogP contribution is -2.70. The Kier molecular flexibility index (Phi) is 8.82. The van der Waals surface area contributed by atoms with Crippen LogP contribution in [0.15, 0.2) is 85.1 Å². The Hall–Kier alpha value is -5.05. The molecule has 4 aromatic rings. The highest BCUT2D eigenvalue weighted by Gasteiger charge is 2.57. The summed E-state index contributed by atoms with van der Waals surface area (Å²) in [6.45, 7) is -1.46. The molecule has 1 aromatic heterocycles. The Morgan fingerprint density at radius 1 is 1.04 bits per heavy atom. The van der Waals surface area contributed by atoms with Crippen LogP contribution in [-0.4, -0.2) is 65.2 Å². The monoisotopic (exact) mass is 658 g/mol. The number of aliphatic hydroxyl groups is 1. The van der Waals surface area contributed by atoms with Crippen molar-refractivity contribution in [3.63, 3.8) is 0 Å². The molecule has 0 bridgehead atoms. The van der Waals surface area contributed by atoms with Gasteiger partial charge in [0.15, 0.2) is 17.4 Å².